The molecule has 0 spiro atoms. The molecule has 9 nitrogen and oxygen atoms in total. The number of benzene rings is 3. The highest BCUT2D eigenvalue weighted by molar-refractivity contribution is 6.33. The average molecular weight is 501 g/mol. The Morgan fingerprint density at radius 2 is 1.69 bits per heavy atom. The third-order valence-electron chi connectivity index (χ3n) is 5.61. The van der Waals surface area contributed by atoms with Crippen LogP contribution in [0.15, 0.2) is 93.2 Å². The van der Waals surface area contributed by atoms with E-state index in [-0.39, 0.29) is 17.7 Å². The molecule has 10 heteroatoms. The van der Waals surface area contributed by atoms with Crippen molar-refractivity contribution in [2.75, 3.05) is 0 Å². The van der Waals surface area contributed by atoms with Gasteiger partial charge in [-0.15, -0.1) is 0 Å². The number of pyridine rings is 1. The molecule has 5 aromatic rings. The number of nitro benzene ring substituents is 1. The lowest BCUT2D eigenvalue weighted by molar-refractivity contribution is -0.384. The van der Waals surface area contributed by atoms with E-state index in [0.29, 0.717) is 43.9 Å². The van der Waals surface area contributed by atoms with Gasteiger partial charge in [0.05, 0.1) is 27.2 Å². The summed E-state index contributed by atoms with van der Waals surface area (Å²) in [6.45, 7) is -0.0641. The number of hydrogen-bond donors (Lipinski definition) is 1. The van der Waals surface area contributed by atoms with E-state index in [4.69, 9.17) is 16.0 Å². The van der Waals surface area contributed by atoms with Crippen molar-refractivity contribution < 1.29 is 14.1 Å². The first-order chi connectivity index (χ1) is 17.4. The summed E-state index contributed by atoms with van der Waals surface area (Å²) in [6, 6.07) is 21.5. The van der Waals surface area contributed by atoms with Gasteiger partial charge in [0.15, 0.2) is 5.43 Å². The second kappa shape index (κ2) is 9.47. The Morgan fingerprint density at radius 1 is 1.03 bits per heavy atom. The van der Waals surface area contributed by atoms with E-state index < -0.39 is 10.8 Å². The summed E-state index contributed by atoms with van der Waals surface area (Å²) in [4.78, 5) is 36.1. The van der Waals surface area contributed by atoms with Crippen LogP contribution in [0.25, 0.3) is 33.1 Å². The number of furan rings is 1. The highest BCUT2D eigenvalue weighted by Gasteiger charge is 2.15. The van der Waals surface area contributed by atoms with E-state index in [1.54, 1.807) is 53.1 Å². The van der Waals surface area contributed by atoms with Crippen molar-refractivity contribution in [1.29, 1.82) is 0 Å². The first kappa shape index (κ1) is 23.0. The molecule has 0 saturated heterocycles. The number of fused-ring (bicyclic) bond motifs is 2. The summed E-state index contributed by atoms with van der Waals surface area (Å²) < 4.78 is 7.44. The lowest BCUT2D eigenvalue weighted by atomic mass is 10.1. The Bertz CT molecular complexity index is 1680. The molecule has 2 aromatic heterocycles. The van der Waals surface area contributed by atoms with Crippen molar-refractivity contribution in [3.05, 3.63) is 110 Å². The normalized spacial score (nSPS) is 11.4. The zero-order valence-electron chi connectivity index (χ0n) is 18.6. The molecule has 178 valence electrons. The first-order valence-corrected chi connectivity index (χ1v) is 11.2. The van der Waals surface area contributed by atoms with E-state index in [1.165, 1.54) is 24.4 Å². The van der Waals surface area contributed by atoms with Gasteiger partial charge in [-0.2, -0.15) is 5.10 Å². The number of hydrogen-bond acceptors (Lipinski definition) is 6. The number of hydrazone groups is 1. The smallest absolute Gasteiger partial charge is 0.270 e. The van der Waals surface area contributed by atoms with Crippen molar-refractivity contribution in [3.8, 4) is 11.3 Å². The SMILES string of the molecule is O=C(Cn1c2ccccc2c(=O)c2ccccc21)N/N=C\c1ccc(-c2cc([N+](=O)[O-])ccc2Cl)o1. The van der Waals surface area contributed by atoms with Gasteiger partial charge in [0, 0.05) is 28.5 Å². The van der Waals surface area contributed by atoms with E-state index in [1.807, 2.05) is 12.1 Å². The van der Waals surface area contributed by atoms with Crippen LogP contribution in [0.2, 0.25) is 5.02 Å². The zero-order chi connectivity index (χ0) is 25.2. The summed E-state index contributed by atoms with van der Waals surface area (Å²) in [5.74, 6) is 0.230. The number of carbonyl (C=O) groups excluding carboxylic acids is 1. The Morgan fingerprint density at radius 3 is 2.36 bits per heavy atom. The van der Waals surface area contributed by atoms with Crippen LogP contribution in [-0.4, -0.2) is 21.6 Å². The molecule has 1 amide bonds. The number of nitro groups is 1. The molecule has 0 aliphatic heterocycles. The summed E-state index contributed by atoms with van der Waals surface area (Å²) in [5.41, 5.74) is 3.91. The maximum absolute atomic E-state index is 12.8. The number of nitrogens with one attached hydrogen (secondary N) is 1. The molecule has 0 saturated carbocycles. The molecule has 3 aromatic carbocycles. The molecule has 0 unspecified atom stereocenters. The highest BCUT2D eigenvalue weighted by Crippen LogP contribution is 2.32. The van der Waals surface area contributed by atoms with Gasteiger partial charge in [-0.1, -0.05) is 35.9 Å². The van der Waals surface area contributed by atoms with Gasteiger partial charge in [-0.05, 0) is 42.5 Å². The molecule has 36 heavy (non-hydrogen) atoms. The number of rotatable bonds is 6. The molecular weight excluding hydrogens is 484 g/mol. The van der Waals surface area contributed by atoms with Gasteiger partial charge in [0.25, 0.3) is 11.6 Å². The second-order valence-corrected chi connectivity index (χ2v) is 8.27. The Kier molecular flexibility index (Phi) is 6.05. The van der Waals surface area contributed by atoms with Crippen LogP contribution in [0.1, 0.15) is 5.76 Å². The first-order valence-electron chi connectivity index (χ1n) is 10.8. The van der Waals surface area contributed by atoms with Crippen molar-refractivity contribution in [2.45, 2.75) is 6.54 Å². The molecule has 0 aliphatic rings. The standard InChI is InChI=1S/C26H17ClN4O5/c27-21-11-9-16(31(34)35)13-20(21)24-12-10-17(36-24)14-28-29-25(32)15-30-22-7-3-1-5-18(22)26(33)19-6-2-4-8-23(19)30/h1-14H,15H2,(H,29,32)/b28-14-. The largest absolute Gasteiger partial charge is 0.455 e. The number of aromatic nitrogens is 1. The maximum Gasteiger partial charge on any atom is 0.270 e. The fourth-order valence-corrected chi connectivity index (χ4v) is 4.19. The van der Waals surface area contributed by atoms with Crippen LogP contribution in [0.4, 0.5) is 5.69 Å². The quantitative estimate of drug-likeness (QED) is 0.150. The molecule has 0 atom stereocenters. The fourth-order valence-electron chi connectivity index (χ4n) is 3.98. The van der Waals surface area contributed by atoms with Crippen LogP contribution in [0.3, 0.4) is 0 Å². The Balaban J connectivity index is 1.36. The van der Waals surface area contributed by atoms with Crippen LogP contribution in [0, 0.1) is 10.1 Å². The monoisotopic (exact) mass is 500 g/mol. The predicted octanol–water partition coefficient (Wildman–Crippen LogP) is 5.13. The number of halogens is 1. The van der Waals surface area contributed by atoms with Crippen molar-refractivity contribution in [2.24, 2.45) is 5.10 Å². The molecular formula is C26H17ClN4O5. The molecule has 1 N–H and O–H groups in total. The van der Waals surface area contributed by atoms with Gasteiger partial charge in [-0.25, -0.2) is 5.43 Å². The summed E-state index contributed by atoms with van der Waals surface area (Å²) >= 11 is 6.17. The number of para-hydroxylation sites is 2. The van der Waals surface area contributed by atoms with E-state index in [9.17, 15) is 19.7 Å². The topological polar surface area (TPSA) is 120 Å². The van der Waals surface area contributed by atoms with Crippen LogP contribution in [-0.2, 0) is 11.3 Å². The molecule has 0 bridgehead atoms. The van der Waals surface area contributed by atoms with E-state index >= 15 is 0 Å². The Hall–Kier alpha value is -4.76. The maximum atomic E-state index is 12.8. The van der Waals surface area contributed by atoms with Crippen LogP contribution in [0.5, 0.6) is 0 Å². The van der Waals surface area contributed by atoms with Gasteiger partial charge in [-0.3, -0.25) is 19.7 Å². The Labute approximate surface area is 208 Å². The number of nitrogens with zero attached hydrogens (tertiary/aromatic N) is 3. The fraction of sp³-hybridized carbons (Fsp3) is 0.0385. The van der Waals surface area contributed by atoms with Crippen LogP contribution >= 0.6 is 11.6 Å². The van der Waals surface area contributed by atoms with Gasteiger partial charge in [0.1, 0.15) is 18.1 Å². The minimum atomic E-state index is -0.518. The molecule has 0 radical (unpaired) electrons. The van der Waals surface area contributed by atoms with E-state index in [0.717, 1.165) is 0 Å². The lowest BCUT2D eigenvalue weighted by Crippen LogP contribution is -2.25. The number of non-ortho nitro benzene ring substituents is 1. The van der Waals surface area contributed by atoms with Crippen molar-refractivity contribution in [3.63, 3.8) is 0 Å². The molecule has 5 rings (SSSR count). The molecule has 2 heterocycles. The summed E-state index contributed by atoms with van der Waals surface area (Å²) in [6.07, 6.45) is 1.31. The van der Waals surface area contributed by atoms with Gasteiger partial charge in [0.2, 0.25) is 0 Å². The van der Waals surface area contributed by atoms with Crippen LogP contribution < -0.4 is 10.9 Å². The average Bonchev–Trinajstić information content (AvgIpc) is 3.35. The van der Waals surface area contributed by atoms with Gasteiger partial charge >= 0.3 is 0 Å². The third kappa shape index (κ3) is 4.35. The third-order valence-corrected chi connectivity index (χ3v) is 5.94. The van der Waals surface area contributed by atoms with Crippen molar-refractivity contribution >= 4 is 51.2 Å². The summed E-state index contributed by atoms with van der Waals surface area (Å²) in [7, 11) is 0. The van der Waals surface area contributed by atoms with Crippen molar-refractivity contribution in [1.82, 2.24) is 9.99 Å². The minimum absolute atomic E-state index is 0.0641. The second-order valence-electron chi connectivity index (χ2n) is 7.87. The number of amides is 1. The lowest BCUT2D eigenvalue weighted by Gasteiger charge is -2.14. The minimum Gasteiger partial charge on any atom is -0.455 e. The summed E-state index contributed by atoms with van der Waals surface area (Å²) in [5, 5.41) is 16.4. The zero-order valence-corrected chi connectivity index (χ0v) is 19.3. The van der Waals surface area contributed by atoms with E-state index in [2.05, 4.69) is 10.5 Å². The molecule has 0 aliphatic carbocycles. The number of carbonyl (C=O) groups is 1. The van der Waals surface area contributed by atoms with Gasteiger partial charge < -0.3 is 8.98 Å². The molecule has 0 fully saturated rings. The predicted molar refractivity (Wildman–Crippen MR) is 137 cm³/mol. The highest BCUT2D eigenvalue weighted by atomic mass is 35.5.